The van der Waals surface area contributed by atoms with Gasteiger partial charge in [0, 0.05) is 10.9 Å². The van der Waals surface area contributed by atoms with Gasteiger partial charge in [0.25, 0.3) is 5.69 Å². The van der Waals surface area contributed by atoms with E-state index in [-0.39, 0.29) is 11.7 Å². The molecule has 1 saturated carbocycles. The quantitative estimate of drug-likeness (QED) is 0.653. The fourth-order valence-electron chi connectivity index (χ4n) is 2.30. The van der Waals surface area contributed by atoms with Crippen molar-refractivity contribution in [2.45, 2.75) is 18.9 Å². The van der Waals surface area contributed by atoms with Crippen LogP contribution in [0.1, 0.15) is 23.8 Å². The molecule has 0 radical (unpaired) electrons. The Hall–Kier alpha value is -2.02. The lowest BCUT2D eigenvalue weighted by molar-refractivity contribution is -0.384. The fourth-order valence-corrected chi connectivity index (χ4v) is 3.17. The number of nitro groups is 1. The molecule has 0 amide bonds. The van der Waals surface area contributed by atoms with Crippen molar-refractivity contribution < 1.29 is 13.7 Å². The van der Waals surface area contributed by atoms with E-state index in [2.05, 4.69) is 5.32 Å². The van der Waals surface area contributed by atoms with Crippen molar-refractivity contribution >= 4 is 22.7 Å². The number of hydrogen-bond donors (Lipinski definition) is 1. The standard InChI is InChI=1S/C14H12F2N2O2S/c15-9-5-6-10(18(19)20)14(12(9)16)17-13(8-3-4-8)11-2-1-7-21-11/h1-2,5-8,13,17H,3-4H2. The maximum absolute atomic E-state index is 14.0. The maximum Gasteiger partial charge on any atom is 0.295 e. The zero-order valence-corrected chi connectivity index (χ0v) is 11.7. The van der Waals surface area contributed by atoms with Gasteiger partial charge in [-0.1, -0.05) is 6.07 Å². The summed E-state index contributed by atoms with van der Waals surface area (Å²) in [5.74, 6) is -2.00. The van der Waals surface area contributed by atoms with Gasteiger partial charge in [-0.2, -0.15) is 0 Å². The number of thiophene rings is 1. The zero-order valence-electron chi connectivity index (χ0n) is 10.9. The molecule has 1 aliphatic rings. The molecule has 1 atom stereocenters. The van der Waals surface area contributed by atoms with Crippen LogP contribution in [-0.2, 0) is 0 Å². The van der Waals surface area contributed by atoms with Crippen LogP contribution in [0.25, 0.3) is 0 Å². The van der Waals surface area contributed by atoms with E-state index in [0.29, 0.717) is 5.92 Å². The molecule has 1 aromatic carbocycles. The first-order valence-corrected chi connectivity index (χ1v) is 7.38. The number of nitrogens with zero attached hydrogens (tertiary/aromatic N) is 1. The molecule has 1 aromatic heterocycles. The molecule has 0 aliphatic heterocycles. The lowest BCUT2D eigenvalue weighted by Gasteiger charge is -2.18. The largest absolute Gasteiger partial charge is 0.369 e. The summed E-state index contributed by atoms with van der Waals surface area (Å²) in [6.07, 6.45) is 1.95. The Morgan fingerprint density at radius 3 is 2.67 bits per heavy atom. The molecule has 4 nitrogen and oxygen atoms in total. The Bertz CT molecular complexity index is 672. The SMILES string of the molecule is O=[N+]([O-])c1ccc(F)c(F)c1NC(c1cccs1)C1CC1. The number of hydrogen-bond acceptors (Lipinski definition) is 4. The zero-order chi connectivity index (χ0) is 15.0. The van der Waals surface area contributed by atoms with Crippen molar-refractivity contribution in [3.8, 4) is 0 Å². The van der Waals surface area contributed by atoms with Gasteiger partial charge in [0.15, 0.2) is 17.3 Å². The molecule has 7 heteroatoms. The van der Waals surface area contributed by atoms with Crippen LogP contribution < -0.4 is 5.32 Å². The summed E-state index contributed by atoms with van der Waals surface area (Å²) in [5.41, 5.74) is -0.818. The molecular formula is C14H12F2N2O2S. The highest BCUT2D eigenvalue weighted by Gasteiger charge is 2.35. The van der Waals surface area contributed by atoms with Gasteiger partial charge >= 0.3 is 0 Å². The van der Waals surface area contributed by atoms with E-state index in [9.17, 15) is 18.9 Å². The van der Waals surface area contributed by atoms with Crippen LogP contribution in [0.15, 0.2) is 29.6 Å². The predicted molar refractivity (Wildman–Crippen MR) is 76.4 cm³/mol. The average molecular weight is 310 g/mol. The Morgan fingerprint density at radius 2 is 2.10 bits per heavy atom. The second-order valence-corrected chi connectivity index (χ2v) is 5.97. The molecule has 0 saturated heterocycles. The molecule has 3 rings (SSSR count). The molecule has 1 heterocycles. The third-order valence-corrected chi connectivity index (χ3v) is 4.47. The Morgan fingerprint density at radius 1 is 1.33 bits per heavy atom. The number of rotatable bonds is 5. The number of nitro benzene ring substituents is 1. The molecule has 0 bridgehead atoms. The number of halogens is 2. The summed E-state index contributed by atoms with van der Waals surface area (Å²) in [5, 5.41) is 15.8. The predicted octanol–water partition coefficient (Wildman–Crippen LogP) is 4.50. The second-order valence-electron chi connectivity index (χ2n) is 4.99. The van der Waals surface area contributed by atoms with Crippen LogP contribution in [-0.4, -0.2) is 4.92 Å². The summed E-state index contributed by atoms with van der Waals surface area (Å²) >= 11 is 1.49. The lowest BCUT2D eigenvalue weighted by atomic mass is 10.1. The Labute approximate surface area is 123 Å². The normalized spacial score (nSPS) is 15.7. The van der Waals surface area contributed by atoms with E-state index in [1.807, 2.05) is 17.5 Å². The van der Waals surface area contributed by atoms with Crippen LogP contribution in [0, 0.1) is 27.7 Å². The fraction of sp³-hybridized carbons (Fsp3) is 0.286. The minimum Gasteiger partial charge on any atom is -0.369 e. The molecule has 110 valence electrons. The highest BCUT2D eigenvalue weighted by molar-refractivity contribution is 7.10. The van der Waals surface area contributed by atoms with Gasteiger partial charge in [-0.15, -0.1) is 11.3 Å². The van der Waals surface area contributed by atoms with E-state index in [1.165, 1.54) is 11.3 Å². The highest BCUT2D eigenvalue weighted by Crippen LogP contribution is 2.45. The minimum atomic E-state index is -1.20. The van der Waals surface area contributed by atoms with Gasteiger partial charge in [-0.3, -0.25) is 10.1 Å². The van der Waals surface area contributed by atoms with Crippen molar-refractivity contribution in [3.63, 3.8) is 0 Å². The van der Waals surface area contributed by atoms with Crippen molar-refractivity contribution in [1.29, 1.82) is 0 Å². The van der Waals surface area contributed by atoms with Crippen molar-refractivity contribution in [2.75, 3.05) is 5.32 Å². The first-order chi connectivity index (χ1) is 10.1. The summed E-state index contributed by atoms with van der Waals surface area (Å²) < 4.78 is 27.4. The van der Waals surface area contributed by atoms with Crippen LogP contribution in [0.4, 0.5) is 20.2 Å². The topological polar surface area (TPSA) is 55.2 Å². The smallest absolute Gasteiger partial charge is 0.295 e. The van der Waals surface area contributed by atoms with E-state index >= 15 is 0 Å². The summed E-state index contributed by atoms with van der Waals surface area (Å²) in [6, 6.07) is 5.30. The van der Waals surface area contributed by atoms with Gasteiger partial charge < -0.3 is 5.32 Å². The van der Waals surface area contributed by atoms with Gasteiger partial charge in [0.05, 0.1) is 11.0 Å². The molecule has 1 fully saturated rings. The second kappa shape index (κ2) is 5.40. The molecular weight excluding hydrogens is 298 g/mol. The first-order valence-electron chi connectivity index (χ1n) is 6.50. The number of nitrogens with one attached hydrogen (secondary N) is 1. The third kappa shape index (κ3) is 2.73. The van der Waals surface area contributed by atoms with Gasteiger partial charge in [-0.05, 0) is 36.3 Å². The highest BCUT2D eigenvalue weighted by atomic mass is 32.1. The van der Waals surface area contributed by atoms with Crippen LogP contribution in [0.5, 0.6) is 0 Å². The molecule has 21 heavy (non-hydrogen) atoms. The van der Waals surface area contributed by atoms with Gasteiger partial charge in [0.2, 0.25) is 0 Å². The molecule has 1 unspecified atom stereocenters. The summed E-state index contributed by atoms with van der Waals surface area (Å²) in [6.45, 7) is 0. The maximum atomic E-state index is 14.0. The number of benzene rings is 1. The third-order valence-electron chi connectivity index (χ3n) is 3.51. The minimum absolute atomic E-state index is 0.222. The van der Waals surface area contributed by atoms with Crippen molar-refractivity contribution in [3.05, 3.63) is 56.3 Å². The monoisotopic (exact) mass is 310 g/mol. The van der Waals surface area contributed by atoms with Crippen molar-refractivity contribution in [2.24, 2.45) is 5.92 Å². The molecule has 2 aromatic rings. The Balaban J connectivity index is 1.99. The van der Waals surface area contributed by atoms with Gasteiger partial charge in [-0.25, -0.2) is 8.78 Å². The van der Waals surface area contributed by atoms with E-state index in [1.54, 1.807) is 0 Å². The van der Waals surface area contributed by atoms with E-state index < -0.39 is 22.2 Å². The summed E-state index contributed by atoms with van der Waals surface area (Å²) in [7, 11) is 0. The van der Waals surface area contributed by atoms with Crippen molar-refractivity contribution in [1.82, 2.24) is 0 Å². The molecule has 0 spiro atoms. The number of anilines is 1. The lowest BCUT2D eigenvalue weighted by Crippen LogP contribution is -2.14. The molecule has 1 aliphatic carbocycles. The van der Waals surface area contributed by atoms with Gasteiger partial charge in [0.1, 0.15) is 0 Å². The van der Waals surface area contributed by atoms with Crippen LogP contribution >= 0.6 is 11.3 Å². The summed E-state index contributed by atoms with van der Waals surface area (Å²) in [4.78, 5) is 11.3. The Kier molecular flexibility index (Phi) is 3.59. The van der Waals surface area contributed by atoms with E-state index in [0.717, 1.165) is 29.9 Å². The van der Waals surface area contributed by atoms with Crippen LogP contribution in [0.3, 0.4) is 0 Å². The van der Waals surface area contributed by atoms with Crippen LogP contribution in [0.2, 0.25) is 0 Å². The first kappa shape index (κ1) is 13.9. The van der Waals surface area contributed by atoms with E-state index in [4.69, 9.17) is 0 Å². The molecule has 1 N–H and O–H groups in total. The average Bonchev–Trinajstić information content (AvgIpc) is 3.14.